The smallest absolute Gasteiger partial charge is 0.319 e. The van der Waals surface area contributed by atoms with Crippen molar-refractivity contribution >= 4 is 27.5 Å². The van der Waals surface area contributed by atoms with Crippen LogP contribution < -0.4 is 15.0 Å². The minimum atomic E-state index is -0.779. The fraction of sp³-hybridized carbons (Fsp3) is 0.357. The topological polar surface area (TPSA) is 70.5 Å². The van der Waals surface area contributed by atoms with Gasteiger partial charge in [0.05, 0.1) is 12.2 Å². The molecule has 7 rings (SSSR count). The molecule has 1 aromatic heterocycles. The molecular formula is C28H26F2N4O2. The van der Waals surface area contributed by atoms with Crippen LogP contribution in [0.5, 0.6) is 11.8 Å². The van der Waals surface area contributed by atoms with Gasteiger partial charge in [0.25, 0.3) is 0 Å². The number of nitrogens with zero attached hydrogens (tertiary/aromatic N) is 3. The van der Waals surface area contributed by atoms with Crippen molar-refractivity contribution in [2.24, 2.45) is 5.92 Å². The lowest BCUT2D eigenvalue weighted by Gasteiger charge is -2.34. The van der Waals surface area contributed by atoms with Crippen molar-refractivity contribution in [3.63, 3.8) is 0 Å². The van der Waals surface area contributed by atoms with Gasteiger partial charge >= 0.3 is 6.01 Å². The Labute approximate surface area is 206 Å². The summed E-state index contributed by atoms with van der Waals surface area (Å²) in [6.07, 6.45) is 4.37. The molecule has 0 spiro atoms. The highest BCUT2D eigenvalue weighted by Gasteiger charge is 2.34. The molecule has 2 saturated heterocycles. The molecule has 8 heteroatoms. The van der Waals surface area contributed by atoms with E-state index in [0.29, 0.717) is 59.7 Å². The maximum Gasteiger partial charge on any atom is 0.319 e. The van der Waals surface area contributed by atoms with Gasteiger partial charge in [-0.3, -0.25) is 0 Å². The molecule has 2 bridgehead atoms. The van der Waals surface area contributed by atoms with E-state index in [0.717, 1.165) is 25.7 Å². The summed E-state index contributed by atoms with van der Waals surface area (Å²) >= 11 is 0. The average molecular weight is 489 g/mol. The lowest BCUT2D eigenvalue weighted by atomic mass is 9.95. The first-order valence-electron chi connectivity index (χ1n) is 12.6. The van der Waals surface area contributed by atoms with Gasteiger partial charge in [-0.1, -0.05) is 24.3 Å². The second-order valence-corrected chi connectivity index (χ2v) is 10.3. The highest BCUT2D eigenvalue weighted by atomic mass is 19.1. The summed E-state index contributed by atoms with van der Waals surface area (Å²) < 4.78 is 37.9. The van der Waals surface area contributed by atoms with Crippen LogP contribution in [0.3, 0.4) is 0 Å². The van der Waals surface area contributed by atoms with Crippen molar-refractivity contribution in [1.82, 2.24) is 15.3 Å². The van der Waals surface area contributed by atoms with Crippen LogP contribution in [0.15, 0.2) is 42.5 Å². The molecule has 1 aliphatic carbocycles. The maximum atomic E-state index is 16.3. The van der Waals surface area contributed by atoms with Crippen LogP contribution in [0.2, 0.25) is 0 Å². The molecule has 3 aromatic carbocycles. The third kappa shape index (κ3) is 3.71. The monoisotopic (exact) mass is 488 g/mol. The predicted molar refractivity (Wildman–Crippen MR) is 134 cm³/mol. The van der Waals surface area contributed by atoms with Crippen molar-refractivity contribution in [3.05, 3.63) is 54.1 Å². The number of aromatic hydroxyl groups is 1. The molecule has 2 unspecified atom stereocenters. The Kier molecular flexibility index (Phi) is 4.99. The number of nitrogens with one attached hydrogen (secondary N) is 1. The summed E-state index contributed by atoms with van der Waals surface area (Å²) in [6.45, 7) is 1.92. The van der Waals surface area contributed by atoms with Gasteiger partial charge in [0.15, 0.2) is 5.82 Å². The number of piperazine rings is 1. The number of benzene rings is 3. The number of anilines is 1. The standard InChI is InChI=1S/C28H26F2N4O2/c29-23-11-22-26(25(30)24(23)21-10-19(35)9-16-3-1-2-4-20(16)21)32-28(36-14-15-5-6-15)33-27(22)34-12-17-7-8-18(13-34)31-17/h1-4,9-11,15,17-18,31,35H,5-8,12-14H2. The quantitative estimate of drug-likeness (QED) is 0.404. The van der Waals surface area contributed by atoms with Gasteiger partial charge in [-0.25, -0.2) is 8.78 Å². The van der Waals surface area contributed by atoms with Gasteiger partial charge in [-0.05, 0) is 66.1 Å². The first-order chi connectivity index (χ1) is 17.5. The lowest BCUT2D eigenvalue weighted by molar-refractivity contribution is 0.277. The van der Waals surface area contributed by atoms with Crippen LogP contribution in [0.4, 0.5) is 14.6 Å². The Hall–Kier alpha value is -3.52. The Balaban J connectivity index is 1.43. The fourth-order valence-electron chi connectivity index (χ4n) is 5.66. The number of aromatic nitrogens is 2. The molecule has 2 N–H and O–H groups in total. The van der Waals surface area contributed by atoms with Crippen LogP contribution in [0.1, 0.15) is 25.7 Å². The molecule has 6 nitrogen and oxygen atoms in total. The van der Waals surface area contributed by atoms with Crippen molar-refractivity contribution in [2.45, 2.75) is 37.8 Å². The molecule has 184 valence electrons. The highest BCUT2D eigenvalue weighted by Crippen LogP contribution is 2.40. The van der Waals surface area contributed by atoms with Gasteiger partial charge in [0.1, 0.15) is 22.9 Å². The number of hydrogen-bond donors (Lipinski definition) is 2. The number of fused-ring (bicyclic) bond motifs is 4. The predicted octanol–water partition coefficient (Wildman–Crippen LogP) is 5.16. The molecule has 0 amide bonds. The minimum Gasteiger partial charge on any atom is -0.508 e. The minimum absolute atomic E-state index is 0.0282. The van der Waals surface area contributed by atoms with Crippen molar-refractivity contribution < 1.29 is 18.6 Å². The number of phenols is 1. The van der Waals surface area contributed by atoms with Crippen molar-refractivity contribution in [2.75, 3.05) is 24.6 Å². The molecule has 2 atom stereocenters. The second kappa shape index (κ2) is 8.27. The maximum absolute atomic E-state index is 16.3. The van der Waals surface area contributed by atoms with E-state index in [1.54, 1.807) is 18.2 Å². The Bertz CT molecular complexity index is 1490. The van der Waals surface area contributed by atoms with E-state index in [1.165, 1.54) is 12.1 Å². The van der Waals surface area contributed by atoms with E-state index in [1.807, 2.05) is 12.1 Å². The molecular weight excluding hydrogens is 462 g/mol. The molecule has 3 aliphatic rings. The molecule has 36 heavy (non-hydrogen) atoms. The molecule has 3 fully saturated rings. The second-order valence-electron chi connectivity index (χ2n) is 10.3. The normalized spacial score (nSPS) is 21.4. The highest BCUT2D eigenvalue weighted by molar-refractivity contribution is 6.01. The summed E-state index contributed by atoms with van der Waals surface area (Å²) in [6, 6.07) is 12.3. The van der Waals surface area contributed by atoms with Gasteiger partial charge in [0, 0.05) is 30.6 Å². The third-order valence-corrected chi connectivity index (χ3v) is 7.62. The SMILES string of the molecule is Oc1cc(-c2c(F)cc3c(N4CC5CCC(C4)N5)nc(OCC4CC4)nc3c2F)c2ccccc2c1. The van der Waals surface area contributed by atoms with Gasteiger partial charge in [0.2, 0.25) is 0 Å². The van der Waals surface area contributed by atoms with Crippen LogP contribution in [0.25, 0.3) is 32.8 Å². The van der Waals surface area contributed by atoms with Crippen LogP contribution >= 0.6 is 0 Å². The van der Waals surface area contributed by atoms with E-state index >= 15 is 8.78 Å². The van der Waals surface area contributed by atoms with E-state index in [-0.39, 0.29) is 28.4 Å². The molecule has 2 aliphatic heterocycles. The lowest BCUT2D eigenvalue weighted by Crippen LogP contribution is -2.51. The van der Waals surface area contributed by atoms with E-state index < -0.39 is 11.6 Å². The number of ether oxygens (including phenoxy) is 1. The number of rotatable bonds is 5. The zero-order valence-corrected chi connectivity index (χ0v) is 19.7. The van der Waals surface area contributed by atoms with Gasteiger partial charge < -0.3 is 20.1 Å². The largest absolute Gasteiger partial charge is 0.508 e. The van der Waals surface area contributed by atoms with Gasteiger partial charge in [-0.15, -0.1) is 0 Å². The van der Waals surface area contributed by atoms with E-state index in [4.69, 9.17) is 4.74 Å². The summed E-state index contributed by atoms with van der Waals surface area (Å²) in [5, 5.41) is 15.6. The van der Waals surface area contributed by atoms with E-state index in [9.17, 15) is 5.11 Å². The summed E-state index contributed by atoms with van der Waals surface area (Å²) in [5.41, 5.74) is 0.0941. The Morgan fingerprint density at radius 2 is 1.75 bits per heavy atom. The summed E-state index contributed by atoms with van der Waals surface area (Å²) in [5.74, 6) is -0.566. The van der Waals surface area contributed by atoms with Crippen LogP contribution in [-0.2, 0) is 0 Å². The van der Waals surface area contributed by atoms with Crippen LogP contribution in [0, 0.1) is 17.6 Å². The van der Waals surface area contributed by atoms with Crippen molar-refractivity contribution in [1.29, 1.82) is 0 Å². The zero-order valence-electron chi connectivity index (χ0n) is 19.7. The van der Waals surface area contributed by atoms with E-state index in [2.05, 4.69) is 20.2 Å². The summed E-state index contributed by atoms with van der Waals surface area (Å²) in [7, 11) is 0. The molecule has 1 saturated carbocycles. The third-order valence-electron chi connectivity index (χ3n) is 7.62. The van der Waals surface area contributed by atoms with Gasteiger partial charge in [-0.2, -0.15) is 9.97 Å². The van der Waals surface area contributed by atoms with Crippen molar-refractivity contribution in [3.8, 4) is 22.9 Å². The molecule has 4 aromatic rings. The average Bonchev–Trinajstić information content (AvgIpc) is 3.64. The zero-order chi connectivity index (χ0) is 24.4. The number of hydrogen-bond acceptors (Lipinski definition) is 6. The number of halogens is 2. The van der Waals surface area contributed by atoms with Crippen LogP contribution in [-0.4, -0.2) is 46.9 Å². The molecule has 0 radical (unpaired) electrons. The number of phenolic OH excluding ortho intramolecular Hbond substituents is 1. The Morgan fingerprint density at radius 1 is 0.972 bits per heavy atom. The molecule has 3 heterocycles. The first kappa shape index (κ1) is 21.7. The summed E-state index contributed by atoms with van der Waals surface area (Å²) in [4.78, 5) is 11.2. The first-order valence-corrected chi connectivity index (χ1v) is 12.6. The Morgan fingerprint density at radius 3 is 2.53 bits per heavy atom. The fourth-order valence-corrected chi connectivity index (χ4v) is 5.66.